The summed E-state index contributed by atoms with van der Waals surface area (Å²) < 4.78 is 1.85. The molecular weight excluding hydrogens is 342 g/mol. The van der Waals surface area contributed by atoms with Crippen molar-refractivity contribution in [2.75, 3.05) is 13.1 Å². The van der Waals surface area contributed by atoms with Crippen molar-refractivity contribution >= 4 is 5.91 Å². The number of likely N-dealkylation sites (tertiary alicyclic amines) is 1. The molecule has 0 aromatic carbocycles. The average Bonchev–Trinajstić information content (AvgIpc) is 2.88. The first-order valence-electron chi connectivity index (χ1n) is 9.52. The van der Waals surface area contributed by atoms with E-state index in [0.717, 1.165) is 42.0 Å². The number of carbonyl (C=O) groups is 1. The zero-order valence-electron chi connectivity index (χ0n) is 16.4. The molecule has 0 aliphatic carbocycles. The molecule has 7 nitrogen and oxygen atoms in total. The fourth-order valence-electron chi connectivity index (χ4n) is 3.76. The quantitative estimate of drug-likeness (QED) is 0.795. The Morgan fingerprint density at radius 2 is 2.22 bits per heavy atom. The summed E-state index contributed by atoms with van der Waals surface area (Å²) in [6.45, 7) is 6.17. The van der Waals surface area contributed by atoms with E-state index in [4.69, 9.17) is 0 Å². The topological polar surface area (TPSA) is 83.3 Å². The van der Waals surface area contributed by atoms with Gasteiger partial charge in [0.1, 0.15) is 0 Å². The molecule has 146 valence electrons. The Labute approximate surface area is 160 Å². The van der Waals surface area contributed by atoms with Crippen LogP contribution in [0.1, 0.15) is 35.4 Å². The van der Waals surface area contributed by atoms with Crippen LogP contribution in [0.4, 0.5) is 0 Å². The molecule has 0 radical (unpaired) electrons. The fraction of sp³-hybridized carbons (Fsp3) is 0.550. The van der Waals surface area contributed by atoms with Gasteiger partial charge in [0.15, 0.2) is 0 Å². The number of carbonyl (C=O) groups excluding carboxylic acids is 1. The molecule has 1 amide bonds. The molecule has 2 aromatic rings. The van der Waals surface area contributed by atoms with Crippen LogP contribution >= 0.6 is 0 Å². The molecule has 27 heavy (non-hydrogen) atoms. The minimum Gasteiger partial charge on any atom is -0.390 e. The van der Waals surface area contributed by atoms with E-state index in [0.29, 0.717) is 19.4 Å². The van der Waals surface area contributed by atoms with Gasteiger partial charge in [-0.05, 0) is 43.9 Å². The number of rotatable bonds is 6. The summed E-state index contributed by atoms with van der Waals surface area (Å²) in [5, 5.41) is 17.9. The molecule has 1 aliphatic rings. The predicted molar refractivity (Wildman–Crippen MR) is 103 cm³/mol. The van der Waals surface area contributed by atoms with E-state index in [-0.39, 0.29) is 11.9 Å². The summed E-state index contributed by atoms with van der Waals surface area (Å²) >= 11 is 0. The van der Waals surface area contributed by atoms with E-state index in [2.05, 4.69) is 20.3 Å². The Morgan fingerprint density at radius 3 is 2.85 bits per heavy atom. The minimum absolute atomic E-state index is 0.0117. The molecule has 0 saturated carbocycles. The number of aliphatic hydroxyl groups is 1. The molecular formula is C20H29N5O2. The van der Waals surface area contributed by atoms with E-state index < -0.39 is 6.10 Å². The highest BCUT2D eigenvalue weighted by Crippen LogP contribution is 2.16. The molecule has 0 unspecified atom stereocenters. The summed E-state index contributed by atoms with van der Waals surface area (Å²) in [6, 6.07) is 3.78. The van der Waals surface area contributed by atoms with Crippen molar-refractivity contribution < 1.29 is 9.90 Å². The van der Waals surface area contributed by atoms with Crippen molar-refractivity contribution in [3.63, 3.8) is 0 Å². The van der Waals surface area contributed by atoms with Gasteiger partial charge in [-0.25, -0.2) is 0 Å². The Balaban J connectivity index is 1.46. The van der Waals surface area contributed by atoms with Crippen LogP contribution in [-0.2, 0) is 24.8 Å². The second-order valence-electron chi connectivity index (χ2n) is 7.40. The number of aliphatic hydroxyl groups excluding tert-OH is 1. The zero-order chi connectivity index (χ0) is 19.4. The number of aryl methyl sites for hydroxylation is 2. The van der Waals surface area contributed by atoms with Crippen LogP contribution in [-0.4, -0.2) is 55.9 Å². The smallest absolute Gasteiger partial charge is 0.220 e. The number of hydrogen-bond acceptors (Lipinski definition) is 5. The van der Waals surface area contributed by atoms with E-state index in [9.17, 15) is 9.90 Å². The van der Waals surface area contributed by atoms with E-state index in [1.54, 1.807) is 6.20 Å². The number of hydrogen-bond donors (Lipinski definition) is 2. The van der Waals surface area contributed by atoms with Crippen molar-refractivity contribution in [3.8, 4) is 0 Å². The van der Waals surface area contributed by atoms with Crippen LogP contribution < -0.4 is 5.32 Å². The third-order valence-corrected chi connectivity index (χ3v) is 5.40. The Kier molecular flexibility index (Phi) is 6.23. The lowest BCUT2D eigenvalue weighted by Gasteiger charge is -2.36. The number of nitrogens with one attached hydrogen (secondary N) is 1. The molecule has 0 spiro atoms. The lowest BCUT2D eigenvalue weighted by atomic mass is 10.0. The highest BCUT2D eigenvalue weighted by molar-refractivity contribution is 5.76. The largest absolute Gasteiger partial charge is 0.390 e. The first-order valence-corrected chi connectivity index (χ1v) is 9.52. The lowest BCUT2D eigenvalue weighted by molar-refractivity contribution is -0.123. The van der Waals surface area contributed by atoms with Gasteiger partial charge in [-0.2, -0.15) is 5.10 Å². The number of β-amino-alcohol motifs (C(OH)–C–C–N with tert-alkyl or cyclic N) is 1. The van der Waals surface area contributed by atoms with Crippen molar-refractivity contribution in [1.29, 1.82) is 0 Å². The Bertz CT molecular complexity index is 774. The van der Waals surface area contributed by atoms with Crippen LogP contribution in [0.3, 0.4) is 0 Å². The van der Waals surface area contributed by atoms with Crippen LogP contribution in [0.5, 0.6) is 0 Å². The summed E-state index contributed by atoms with van der Waals surface area (Å²) in [4.78, 5) is 18.7. The molecule has 1 saturated heterocycles. The van der Waals surface area contributed by atoms with E-state index in [1.165, 1.54) is 0 Å². The Hall–Kier alpha value is -2.25. The summed E-state index contributed by atoms with van der Waals surface area (Å²) in [7, 11) is 1.92. The SMILES string of the molecule is Cc1nn(C)c(C)c1CCC(=O)N[C@@H]1CCN(Cc2cccnc2)C[C@H]1O. The monoisotopic (exact) mass is 371 g/mol. The third-order valence-electron chi connectivity index (χ3n) is 5.40. The van der Waals surface area contributed by atoms with Crippen LogP contribution in [0.25, 0.3) is 0 Å². The van der Waals surface area contributed by atoms with Gasteiger partial charge in [0.25, 0.3) is 0 Å². The van der Waals surface area contributed by atoms with Crippen LogP contribution in [0.15, 0.2) is 24.5 Å². The average molecular weight is 371 g/mol. The lowest BCUT2D eigenvalue weighted by Crippen LogP contribution is -2.53. The summed E-state index contributed by atoms with van der Waals surface area (Å²) in [5.41, 5.74) is 4.35. The van der Waals surface area contributed by atoms with Gasteiger partial charge in [-0.1, -0.05) is 6.07 Å². The first-order chi connectivity index (χ1) is 12.9. The maximum absolute atomic E-state index is 12.4. The molecule has 7 heteroatoms. The molecule has 2 N–H and O–H groups in total. The molecule has 2 aromatic heterocycles. The second kappa shape index (κ2) is 8.63. The van der Waals surface area contributed by atoms with Gasteiger partial charge in [0.2, 0.25) is 5.91 Å². The molecule has 3 heterocycles. The predicted octanol–water partition coefficient (Wildman–Crippen LogP) is 1.12. The zero-order valence-corrected chi connectivity index (χ0v) is 16.4. The van der Waals surface area contributed by atoms with Gasteiger partial charge in [0, 0.05) is 51.2 Å². The maximum atomic E-state index is 12.4. The van der Waals surface area contributed by atoms with Crippen molar-refractivity contribution in [1.82, 2.24) is 25.0 Å². The van der Waals surface area contributed by atoms with Crippen molar-refractivity contribution in [2.45, 2.75) is 51.8 Å². The molecule has 3 rings (SSSR count). The van der Waals surface area contributed by atoms with Crippen molar-refractivity contribution in [3.05, 3.63) is 47.0 Å². The normalized spacial score (nSPS) is 20.6. The Morgan fingerprint density at radius 1 is 1.41 bits per heavy atom. The van der Waals surface area contributed by atoms with Crippen LogP contribution in [0, 0.1) is 13.8 Å². The highest BCUT2D eigenvalue weighted by atomic mass is 16.3. The summed E-state index contributed by atoms with van der Waals surface area (Å²) in [5.74, 6) is -0.0117. The van der Waals surface area contributed by atoms with Gasteiger partial charge < -0.3 is 10.4 Å². The summed E-state index contributed by atoms with van der Waals surface area (Å²) in [6.07, 6.45) is 4.89. The fourth-order valence-corrected chi connectivity index (χ4v) is 3.76. The molecule has 0 bridgehead atoms. The van der Waals surface area contributed by atoms with Gasteiger partial charge in [-0.15, -0.1) is 0 Å². The number of pyridine rings is 1. The molecule has 1 fully saturated rings. The maximum Gasteiger partial charge on any atom is 0.220 e. The second-order valence-corrected chi connectivity index (χ2v) is 7.40. The first kappa shape index (κ1) is 19.5. The molecule has 1 aliphatic heterocycles. The molecule has 2 atom stereocenters. The van der Waals surface area contributed by atoms with Gasteiger partial charge >= 0.3 is 0 Å². The van der Waals surface area contributed by atoms with E-state index in [1.807, 2.05) is 43.9 Å². The van der Waals surface area contributed by atoms with Crippen molar-refractivity contribution in [2.24, 2.45) is 7.05 Å². The standard InChI is InChI=1S/C20H29N5O2/c1-14-17(15(2)24(3)23-14)6-7-20(27)22-18-8-10-25(13-19(18)26)12-16-5-4-9-21-11-16/h4-5,9,11,18-19,26H,6-8,10,12-13H2,1-3H3,(H,22,27)/t18-,19-/m1/s1. The van der Waals surface area contributed by atoms with Gasteiger partial charge in [0.05, 0.1) is 17.8 Å². The number of amides is 1. The third kappa shape index (κ3) is 4.93. The van der Waals surface area contributed by atoms with E-state index >= 15 is 0 Å². The number of nitrogens with zero attached hydrogens (tertiary/aromatic N) is 4. The number of piperidine rings is 1. The minimum atomic E-state index is -0.554. The number of aromatic nitrogens is 3. The van der Waals surface area contributed by atoms with Gasteiger partial charge in [-0.3, -0.25) is 19.4 Å². The highest BCUT2D eigenvalue weighted by Gasteiger charge is 2.28. The van der Waals surface area contributed by atoms with Crippen LogP contribution in [0.2, 0.25) is 0 Å².